The second kappa shape index (κ2) is 6.53. The molecule has 126 valence electrons. The van der Waals surface area contributed by atoms with Crippen molar-refractivity contribution in [2.24, 2.45) is 5.16 Å². The van der Waals surface area contributed by atoms with Crippen LogP contribution in [0.5, 0.6) is 11.5 Å². The van der Waals surface area contributed by atoms with Crippen LogP contribution in [0, 0.1) is 10.1 Å². The first kappa shape index (κ1) is 17.2. The summed E-state index contributed by atoms with van der Waals surface area (Å²) in [6, 6.07) is 6.41. The number of hydrogen-bond donors (Lipinski definition) is 2. The summed E-state index contributed by atoms with van der Waals surface area (Å²) in [6.45, 7) is 5.29. The Morgan fingerprint density at radius 2 is 1.96 bits per heavy atom. The van der Waals surface area contributed by atoms with E-state index in [-0.39, 0.29) is 34.2 Å². The first-order valence-electron chi connectivity index (χ1n) is 7.07. The fourth-order valence-electron chi connectivity index (χ4n) is 1.81. The minimum Gasteiger partial charge on any atom is -0.507 e. The van der Waals surface area contributed by atoms with Crippen LogP contribution in [0.3, 0.4) is 0 Å². The van der Waals surface area contributed by atoms with Gasteiger partial charge in [0.05, 0.1) is 10.5 Å². The van der Waals surface area contributed by atoms with Gasteiger partial charge in [-0.1, -0.05) is 5.16 Å². The molecule has 0 aliphatic heterocycles. The van der Waals surface area contributed by atoms with E-state index in [1.807, 2.05) is 0 Å². The van der Waals surface area contributed by atoms with Gasteiger partial charge >= 0.3 is 0 Å². The molecule has 0 unspecified atom stereocenters. The van der Waals surface area contributed by atoms with E-state index in [1.165, 1.54) is 30.5 Å². The highest BCUT2D eigenvalue weighted by atomic mass is 16.6. The Kier molecular flexibility index (Phi) is 4.68. The molecule has 0 amide bonds. The van der Waals surface area contributed by atoms with Gasteiger partial charge in [-0.15, -0.1) is 0 Å². The monoisotopic (exact) mass is 331 g/mol. The highest BCUT2D eigenvalue weighted by Crippen LogP contribution is 2.28. The van der Waals surface area contributed by atoms with Crippen LogP contribution in [0.2, 0.25) is 0 Å². The Balaban J connectivity index is 2.65. The molecular weight excluding hydrogens is 314 g/mol. The third-order valence-corrected chi connectivity index (χ3v) is 2.87. The maximum atomic E-state index is 11.0. The summed E-state index contributed by atoms with van der Waals surface area (Å²) in [5.41, 5.74) is -0.822. The Bertz CT molecular complexity index is 797. The van der Waals surface area contributed by atoms with Gasteiger partial charge in [0, 0.05) is 18.3 Å². The van der Waals surface area contributed by atoms with Gasteiger partial charge in [0.2, 0.25) is 0 Å². The largest absolute Gasteiger partial charge is 0.507 e. The van der Waals surface area contributed by atoms with Gasteiger partial charge in [-0.25, -0.2) is 0 Å². The summed E-state index contributed by atoms with van der Waals surface area (Å²) in [5.74, 6) is -0.443. The van der Waals surface area contributed by atoms with Crippen molar-refractivity contribution >= 4 is 11.4 Å². The molecule has 0 saturated heterocycles. The number of nitrogens with zero attached hydrogens (tertiary/aromatic N) is 3. The molecule has 8 heteroatoms. The van der Waals surface area contributed by atoms with Crippen LogP contribution in [0.15, 0.2) is 41.7 Å². The summed E-state index contributed by atoms with van der Waals surface area (Å²) in [4.78, 5) is 19.8. The number of pyridine rings is 1. The Morgan fingerprint density at radius 1 is 1.25 bits per heavy atom. The van der Waals surface area contributed by atoms with Crippen LogP contribution in [0.4, 0.5) is 5.69 Å². The average molecular weight is 331 g/mol. The third kappa shape index (κ3) is 3.97. The predicted molar refractivity (Wildman–Crippen MR) is 87.1 cm³/mol. The molecule has 2 rings (SSSR count). The third-order valence-electron chi connectivity index (χ3n) is 2.87. The number of oxime groups is 1. The molecular formula is C16H17N3O5. The van der Waals surface area contributed by atoms with E-state index in [4.69, 9.17) is 4.84 Å². The van der Waals surface area contributed by atoms with E-state index in [0.717, 1.165) is 6.07 Å². The van der Waals surface area contributed by atoms with Crippen molar-refractivity contribution in [2.45, 2.75) is 26.4 Å². The molecule has 24 heavy (non-hydrogen) atoms. The number of benzene rings is 1. The molecule has 0 fully saturated rings. The number of nitro groups is 1. The van der Waals surface area contributed by atoms with Crippen molar-refractivity contribution in [2.75, 3.05) is 0 Å². The van der Waals surface area contributed by atoms with Gasteiger partial charge < -0.3 is 15.1 Å². The summed E-state index contributed by atoms with van der Waals surface area (Å²) in [6.07, 6.45) is 1.43. The lowest BCUT2D eigenvalue weighted by molar-refractivity contribution is -0.384. The molecule has 0 radical (unpaired) electrons. The molecule has 1 heterocycles. The molecule has 1 aromatic carbocycles. The summed E-state index contributed by atoms with van der Waals surface area (Å²) in [7, 11) is 0. The number of rotatable bonds is 4. The lowest BCUT2D eigenvalue weighted by Crippen LogP contribution is -2.18. The average Bonchev–Trinajstić information content (AvgIpc) is 2.49. The topological polar surface area (TPSA) is 118 Å². The molecule has 1 aromatic heterocycles. The maximum absolute atomic E-state index is 11.0. The molecule has 0 atom stereocenters. The first-order chi connectivity index (χ1) is 11.2. The lowest BCUT2D eigenvalue weighted by atomic mass is 10.0. The van der Waals surface area contributed by atoms with Gasteiger partial charge in [0.25, 0.3) is 5.69 Å². The van der Waals surface area contributed by atoms with Gasteiger partial charge in [-0.05, 0) is 39.0 Å². The fourth-order valence-corrected chi connectivity index (χ4v) is 1.81. The van der Waals surface area contributed by atoms with Crippen LogP contribution in [0.1, 0.15) is 32.0 Å². The molecule has 2 aromatic rings. The minimum atomic E-state index is -0.647. The number of hydrogen-bond acceptors (Lipinski definition) is 7. The number of nitro benzene ring substituents is 1. The van der Waals surface area contributed by atoms with Crippen molar-refractivity contribution < 1.29 is 20.0 Å². The Labute approximate surface area is 138 Å². The maximum Gasteiger partial charge on any atom is 0.270 e. The summed E-state index contributed by atoms with van der Waals surface area (Å²) >= 11 is 0. The Morgan fingerprint density at radius 3 is 2.54 bits per heavy atom. The van der Waals surface area contributed by atoms with Gasteiger partial charge in [0.1, 0.15) is 28.5 Å². The van der Waals surface area contributed by atoms with Crippen LogP contribution in [-0.4, -0.2) is 31.4 Å². The van der Waals surface area contributed by atoms with Gasteiger partial charge in [-0.3, -0.25) is 15.1 Å². The van der Waals surface area contributed by atoms with Crippen LogP contribution in [-0.2, 0) is 4.84 Å². The zero-order chi connectivity index (χ0) is 17.9. The van der Waals surface area contributed by atoms with E-state index in [2.05, 4.69) is 10.1 Å². The molecule has 0 bridgehead atoms. The standard InChI is InChI=1S/C16H17N3O5/c1-16(2,3)24-18-14(15-13(21)5-4-8-17-15)11-9-10(19(22)23)6-7-12(11)20/h4-9,20-21H,1-3H3/b18-14-. The molecule has 8 nitrogen and oxygen atoms in total. The molecule has 2 N–H and O–H groups in total. The summed E-state index contributed by atoms with van der Waals surface area (Å²) in [5, 5.41) is 35.1. The predicted octanol–water partition coefficient (Wildman–Crippen LogP) is 2.97. The number of non-ortho nitro benzene ring substituents is 1. The van der Waals surface area contributed by atoms with E-state index in [1.54, 1.807) is 20.8 Å². The highest BCUT2D eigenvalue weighted by Gasteiger charge is 2.22. The van der Waals surface area contributed by atoms with Gasteiger partial charge in [0.15, 0.2) is 0 Å². The molecule has 0 aliphatic carbocycles. The number of aromatic nitrogens is 1. The van der Waals surface area contributed by atoms with E-state index >= 15 is 0 Å². The lowest BCUT2D eigenvalue weighted by Gasteiger charge is -2.17. The van der Waals surface area contributed by atoms with Crippen molar-refractivity contribution in [1.29, 1.82) is 0 Å². The SMILES string of the molecule is CC(C)(C)O/N=C(/c1cc([N+](=O)[O-])ccc1O)c1ncccc1O. The van der Waals surface area contributed by atoms with Crippen LogP contribution in [0.25, 0.3) is 0 Å². The van der Waals surface area contributed by atoms with Crippen LogP contribution >= 0.6 is 0 Å². The zero-order valence-electron chi connectivity index (χ0n) is 13.4. The fraction of sp³-hybridized carbons (Fsp3) is 0.250. The second-order valence-electron chi connectivity index (χ2n) is 5.97. The first-order valence-corrected chi connectivity index (χ1v) is 7.07. The van der Waals surface area contributed by atoms with E-state index in [9.17, 15) is 20.3 Å². The summed E-state index contributed by atoms with van der Waals surface area (Å²) < 4.78 is 0. The second-order valence-corrected chi connectivity index (χ2v) is 5.97. The van der Waals surface area contributed by atoms with Crippen LogP contribution < -0.4 is 0 Å². The molecule has 0 saturated carbocycles. The Hall–Kier alpha value is -3.16. The molecule has 0 spiro atoms. The van der Waals surface area contributed by atoms with Gasteiger partial charge in [-0.2, -0.15) is 0 Å². The quantitative estimate of drug-likeness (QED) is 0.505. The smallest absolute Gasteiger partial charge is 0.270 e. The number of aromatic hydroxyl groups is 2. The molecule has 0 aliphatic rings. The number of phenolic OH excluding ortho intramolecular Hbond substituents is 1. The van der Waals surface area contributed by atoms with E-state index in [0.29, 0.717) is 0 Å². The normalized spacial score (nSPS) is 12.0. The minimum absolute atomic E-state index is 0.00998. The zero-order valence-corrected chi connectivity index (χ0v) is 13.4. The van der Waals surface area contributed by atoms with Crippen molar-refractivity contribution in [1.82, 2.24) is 4.98 Å². The highest BCUT2D eigenvalue weighted by molar-refractivity contribution is 6.14. The van der Waals surface area contributed by atoms with Crippen molar-refractivity contribution in [3.8, 4) is 11.5 Å². The van der Waals surface area contributed by atoms with Crippen molar-refractivity contribution in [3.05, 3.63) is 57.9 Å². The van der Waals surface area contributed by atoms with Crippen molar-refractivity contribution in [3.63, 3.8) is 0 Å². The van der Waals surface area contributed by atoms with E-state index < -0.39 is 10.5 Å². The number of phenols is 1.